The van der Waals surface area contributed by atoms with E-state index in [-0.39, 0.29) is 12.0 Å². The molecule has 0 saturated heterocycles. The van der Waals surface area contributed by atoms with Gasteiger partial charge in [0.15, 0.2) is 0 Å². The number of benzene rings is 2. The van der Waals surface area contributed by atoms with Gasteiger partial charge in [-0.1, -0.05) is 13.3 Å². The lowest BCUT2D eigenvalue weighted by Gasteiger charge is -2.12. The molecule has 174 valence electrons. The Balaban J connectivity index is 1.68. The first-order valence-corrected chi connectivity index (χ1v) is 12.6. The Labute approximate surface area is 202 Å². The van der Waals surface area contributed by atoms with Crippen LogP contribution in [-0.4, -0.2) is 32.2 Å². The highest BCUT2D eigenvalue weighted by Gasteiger charge is 2.19. The molecule has 34 heavy (non-hydrogen) atoms. The van der Waals surface area contributed by atoms with Gasteiger partial charge in [-0.25, -0.2) is 14.8 Å². The highest BCUT2D eigenvalue weighted by atomic mass is 32.1. The van der Waals surface area contributed by atoms with Crippen LogP contribution in [0, 0.1) is 0 Å². The Morgan fingerprint density at radius 2 is 1.76 bits per heavy atom. The third-order valence-electron chi connectivity index (χ3n) is 6.15. The molecule has 0 atom stereocenters. The summed E-state index contributed by atoms with van der Waals surface area (Å²) in [6.07, 6.45) is 2.13. The highest BCUT2D eigenvalue weighted by Crippen LogP contribution is 2.33. The van der Waals surface area contributed by atoms with Gasteiger partial charge < -0.3 is 13.9 Å². The number of esters is 1. The van der Waals surface area contributed by atoms with Crippen molar-refractivity contribution in [1.29, 1.82) is 0 Å². The summed E-state index contributed by atoms with van der Waals surface area (Å²) in [5.41, 5.74) is 6.55. The van der Waals surface area contributed by atoms with Gasteiger partial charge in [0.05, 0.1) is 34.7 Å². The molecule has 0 unspecified atom stereocenters. The average Bonchev–Trinajstić information content (AvgIpc) is 3.58. The Bertz CT molecular complexity index is 1480. The molecule has 0 radical (unpaired) electrons. The first-order chi connectivity index (χ1) is 16.5. The topological polar surface area (TPSA) is 61.9 Å². The average molecular weight is 473 g/mol. The van der Waals surface area contributed by atoms with Gasteiger partial charge in [0.1, 0.15) is 11.6 Å². The second-order valence-corrected chi connectivity index (χ2v) is 9.53. The monoisotopic (exact) mass is 472 g/mol. The zero-order chi connectivity index (χ0) is 23.8. The molecule has 0 bridgehead atoms. The van der Waals surface area contributed by atoms with Crippen LogP contribution in [0.15, 0.2) is 53.2 Å². The van der Waals surface area contributed by atoms with Crippen LogP contribution in [0.2, 0.25) is 0 Å². The second kappa shape index (κ2) is 9.06. The molecule has 2 aromatic carbocycles. The number of carbonyl (C=O) groups excluding carboxylic acids is 1. The van der Waals surface area contributed by atoms with Crippen LogP contribution in [0.5, 0.6) is 0 Å². The summed E-state index contributed by atoms with van der Waals surface area (Å²) >= 11 is 1.68. The van der Waals surface area contributed by atoms with E-state index in [0.29, 0.717) is 5.56 Å². The fourth-order valence-electron chi connectivity index (χ4n) is 4.49. The van der Waals surface area contributed by atoms with Crippen LogP contribution < -0.4 is 0 Å². The summed E-state index contributed by atoms with van der Waals surface area (Å²) in [5.74, 6) is 1.53. The van der Waals surface area contributed by atoms with E-state index in [1.54, 1.807) is 11.3 Å². The third kappa shape index (κ3) is 3.80. The molecule has 0 aliphatic carbocycles. The summed E-state index contributed by atoms with van der Waals surface area (Å²) in [7, 11) is 1.40. The summed E-state index contributed by atoms with van der Waals surface area (Å²) in [6, 6.07) is 14.4. The molecular formula is C27H28N4O2S. The molecule has 3 aromatic heterocycles. The minimum atomic E-state index is -0.354. The van der Waals surface area contributed by atoms with Crippen molar-refractivity contribution in [2.45, 2.75) is 46.2 Å². The molecule has 7 heteroatoms. The van der Waals surface area contributed by atoms with Crippen molar-refractivity contribution in [2.24, 2.45) is 0 Å². The molecule has 5 rings (SSSR count). The number of thiophene rings is 1. The fraction of sp³-hybridized carbons (Fsp3) is 0.296. The number of fused-ring (bicyclic) bond motifs is 2. The van der Waals surface area contributed by atoms with Gasteiger partial charge in [-0.15, -0.1) is 0 Å². The Morgan fingerprint density at radius 1 is 1.00 bits per heavy atom. The van der Waals surface area contributed by atoms with E-state index in [9.17, 15) is 4.79 Å². The van der Waals surface area contributed by atoms with Crippen molar-refractivity contribution in [3.8, 4) is 22.8 Å². The standard InChI is InChI=1S/C27H28N4O2S/c1-5-6-12-30-23-9-8-19(27(32)33-4)15-21(23)28-25(30)18-7-10-24-22(14-18)29-26(31(24)17(2)3)20-11-13-34-16-20/h7-11,13-17H,5-6,12H2,1-4H3. The van der Waals surface area contributed by atoms with E-state index in [1.165, 1.54) is 7.11 Å². The van der Waals surface area contributed by atoms with Crippen LogP contribution in [0.1, 0.15) is 50.0 Å². The summed E-state index contributed by atoms with van der Waals surface area (Å²) in [4.78, 5) is 22.0. The van der Waals surface area contributed by atoms with Crippen molar-refractivity contribution in [3.63, 3.8) is 0 Å². The van der Waals surface area contributed by atoms with Crippen LogP contribution in [0.25, 0.3) is 44.8 Å². The number of aryl methyl sites for hydroxylation is 1. The summed E-state index contributed by atoms with van der Waals surface area (Å²) in [5, 5.41) is 4.23. The molecule has 6 nitrogen and oxygen atoms in total. The molecule has 0 N–H and O–H groups in total. The molecule has 0 fully saturated rings. The number of unbranched alkanes of at least 4 members (excludes halogenated alkanes) is 1. The van der Waals surface area contributed by atoms with Gasteiger partial charge in [0, 0.05) is 29.1 Å². The number of ether oxygens (including phenoxy) is 1. The number of aromatic nitrogens is 4. The first-order valence-electron chi connectivity index (χ1n) is 11.6. The maximum atomic E-state index is 12.1. The summed E-state index contributed by atoms with van der Waals surface area (Å²) in [6.45, 7) is 7.42. The Hall–Kier alpha value is -3.45. The van der Waals surface area contributed by atoms with Crippen molar-refractivity contribution >= 4 is 39.4 Å². The van der Waals surface area contributed by atoms with Crippen LogP contribution in [0.3, 0.4) is 0 Å². The number of methoxy groups -OCH3 is 1. The molecule has 0 aliphatic heterocycles. The maximum absolute atomic E-state index is 12.1. The molecule has 5 aromatic rings. The van der Waals surface area contributed by atoms with Gasteiger partial charge in [-0.3, -0.25) is 0 Å². The van der Waals surface area contributed by atoms with Crippen LogP contribution >= 0.6 is 11.3 Å². The van der Waals surface area contributed by atoms with Crippen LogP contribution in [0.4, 0.5) is 0 Å². The molecule has 0 amide bonds. The van der Waals surface area contributed by atoms with Crippen LogP contribution in [-0.2, 0) is 11.3 Å². The van der Waals surface area contributed by atoms with Gasteiger partial charge >= 0.3 is 5.97 Å². The van der Waals surface area contributed by atoms with Crippen molar-refractivity contribution in [1.82, 2.24) is 19.1 Å². The quantitative estimate of drug-likeness (QED) is 0.241. The largest absolute Gasteiger partial charge is 0.465 e. The van der Waals surface area contributed by atoms with E-state index >= 15 is 0 Å². The number of rotatable bonds is 7. The predicted molar refractivity (Wildman–Crippen MR) is 138 cm³/mol. The Kier molecular flexibility index (Phi) is 5.96. The van der Waals surface area contributed by atoms with Gasteiger partial charge in [-0.2, -0.15) is 11.3 Å². The zero-order valence-corrected chi connectivity index (χ0v) is 20.7. The minimum Gasteiger partial charge on any atom is -0.465 e. The van der Waals surface area contributed by atoms with Gasteiger partial charge in [0.25, 0.3) is 0 Å². The first kappa shape index (κ1) is 22.3. The lowest BCUT2D eigenvalue weighted by Crippen LogP contribution is -2.03. The molecule has 0 aliphatic rings. The van der Waals surface area contributed by atoms with E-state index in [1.807, 2.05) is 18.2 Å². The number of imidazole rings is 2. The lowest BCUT2D eigenvalue weighted by atomic mass is 10.1. The maximum Gasteiger partial charge on any atom is 0.337 e. The third-order valence-corrected chi connectivity index (χ3v) is 6.83. The lowest BCUT2D eigenvalue weighted by molar-refractivity contribution is 0.0601. The number of hydrogen-bond donors (Lipinski definition) is 0. The van der Waals surface area contributed by atoms with E-state index in [4.69, 9.17) is 14.7 Å². The van der Waals surface area contributed by atoms with Crippen molar-refractivity contribution in [2.75, 3.05) is 7.11 Å². The molecular weight excluding hydrogens is 444 g/mol. The van der Waals surface area contributed by atoms with E-state index in [2.05, 4.69) is 64.9 Å². The minimum absolute atomic E-state index is 0.289. The van der Waals surface area contributed by atoms with E-state index in [0.717, 1.165) is 64.2 Å². The highest BCUT2D eigenvalue weighted by molar-refractivity contribution is 7.08. The number of hydrogen-bond acceptors (Lipinski definition) is 5. The van der Waals surface area contributed by atoms with Crippen molar-refractivity contribution < 1.29 is 9.53 Å². The second-order valence-electron chi connectivity index (χ2n) is 8.75. The summed E-state index contributed by atoms with van der Waals surface area (Å²) < 4.78 is 9.45. The number of carbonyl (C=O) groups is 1. The molecule has 3 heterocycles. The normalized spacial score (nSPS) is 11.7. The number of nitrogens with zero attached hydrogens (tertiary/aromatic N) is 4. The zero-order valence-electron chi connectivity index (χ0n) is 19.9. The fourth-order valence-corrected chi connectivity index (χ4v) is 5.13. The Morgan fingerprint density at radius 3 is 2.47 bits per heavy atom. The van der Waals surface area contributed by atoms with E-state index < -0.39 is 0 Å². The van der Waals surface area contributed by atoms with Gasteiger partial charge in [-0.05, 0) is 68.1 Å². The van der Waals surface area contributed by atoms with Gasteiger partial charge in [0.2, 0.25) is 0 Å². The SMILES string of the molecule is CCCCn1c(-c2ccc3c(c2)nc(-c2ccsc2)n3C(C)C)nc2cc(C(=O)OC)ccc21. The smallest absolute Gasteiger partial charge is 0.337 e. The predicted octanol–water partition coefficient (Wildman–Crippen LogP) is 6.95. The molecule has 0 saturated carbocycles. The molecule has 0 spiro atoms. The van der Waals surface area contributed by atoms with Crippen molar-refractivity contribution in [3.05, 3.63) is 58.8 Å².